The number of aliphatic hydroxyl groups excluding tert-OH is 8. The smallest absolute Gasteiger partial charge is 0.220 e. The van der Waals surface area contributed by atoms with Crippen molar-refractivity contribution < 1.29 is 64.6 Å². The number of allylic oxidation sites excluding steroid dienone is 13. The van der Waals surface area contributed by atoms with Crippen LogP contribution in [0.3, 0.4) is 0 Å². The van der Waals surface area contributed by atoms with Crippen LogP contribution in [-0.2, 0) is 23.7 Å². The summed E-state index contributed by atoms with van der Waals surface area (Å²) in [5.41, 5.74) is 0. The summed E-state index contributed by atoms with van der Waals surface area (Å²) in [4.78, 5) is 13.3. The SMILES string of the molecule is CC/C=C\C/C=C\C/C=C\C/C=C\C/C=C\C/C=C\CCCCCCCCCCCCCCCCC(=O)NC(COC1OC(CO)C(OC2OC(CO)C(O)C(O)C2O)C(O)C1O)C(O)/C=C/CCCCCCCCCCCCCCCCCCC. The summed E-state index contributed by atoms with van der Waals surface area (Å²) in [6.07, 6.45) is 60.5. The van der Waals surface area contributed by atoms with Crippen molar-refractivity contribution in [3.63, 3.8) is 0 Å². The molecule has 14 heteroatoms. The molecule has 1 amide bonds. The monoisotopic (exact) mass is 1210 g/mol. The van der Waals surface area contributed by atoms with Gasteiger partial charge in [0.25, 0.3) is 0 Å². The largest absolute Gasteiger partial charge is 0.394 e. The molecule has 0 aromatic rings. The number of unbranched alkanes of at least 4 members (excludes halogenated alkanes) is 31. The molecule has 0 radical (unpaired) electrons. The van der Waals surface area contributed by atoms with Crippen LogP contribution in [0.2, 0.25) is 0 Å². The van der Waals surface area contributed by atoms with E-state index < -0.39 is 86.8 Å². The predicted octanol–water partition coefficient (Wildman–Crippen LogP) is 14.0. The number of rotatable bonds is 56. The molecule has 12 atom stereocenters. The van der Waals surface area contributed by atoms with Crippen LogP contribution in [0.4, 0.5) is 0 Å². The molecule has 12 unspecified atom stereocenters. The molecule has 498 valence electrons. The minimum Gasteiger partial charge on any atom is -0.394 e. The lowest BCUT2D eigenvalue weighted by Gasteiger charge is -2.46. The van der Waals surface area contributed by atoms with Crippen molar-refractivity contribution in [3.05, 3.63) is 85.1 Å². The van der Waals surface area contributed by atoms with Crippen molar-refractivity contribution in [3.8, 4) is 0 Å². The van der Waals surface area contributed by atoms with Crippen LogP contribution < -0.4 is 5.32 Å². The maximum atomic E-state index is 13.3. The van der Waals surface area contributed by atoms with Gasteiger partial charge in [0.1, 0.15) is 48.8 Å². The maximum Gasteiger partial charge on any atom is 0.220 e. The number of aliphatic hydroxyl groups is 8. The van der Waals surface area contributed by atoms with E-state index in [1.165, 1.54) is 167 Å². The Morgan fingerprint density at radius 3 is 1.23 bits per heavy atom. The molecule has 2 rings (SSSR count). The highest BCUT2D eigenvalue weighted by molar-refractivity contribution is 5.76. The summed E-state index contributed by atoms with van der Waals surface area (Å²) in [5, 5.41) is 87.4. The van der Waals surface area contributed by atoms with Crippen molar-refractivity contribution in [2.75, 3.05) is 19.8 Å². The second kappa shape index (κ2) is 56.2. The van der Waals surface area contributed by atoms with Gasteiger partial charge in [0.05, 0.1) is 32.0 Å². The lowest BCUT2D eigenvalue weighted by molar-refractivity contribution is -0.359. The summed E-state index contributed by atoms with van der Waals surface area (Å²) in [5.74, 6) is -0.240. The van der Waals surface area contributed by atoms with Gasteiger partial charge in [-0.15, -0.1) is 0 Å². The van der Waals surface area contributed by atoms with Crippen molar-refractivity contribution in [2.24, 2.45) is 0 Å². The fourth-order valence-electron chi connectivity index (χ4n) is 11.1. The molecule has 9 N–H and O–H groups in total. The highest BCUT2D eigenvalue weighted by atomic mass is 16.7. The third-order valence-electron chi connectivity index (χ3n) is 16.6. The molecule has 86 heavy (non-hydrogen) atoms. The van der Waals surface area contributed by atoms with Crippen molar-refractivity contribution in [1.29, 1.82) is 0 Å². The Morgan fingerprint density at radius 1 is 0.430 bits per heavy atom. The molecule has 2 fully saturated rings. The van der Waals surface area contributed by atoms with Crippen molar-refractivity contribution >= 4 is 5.91 Å². The Morgan fingerprint density at radius 2 is 0.802 bits per heavy atom. The molecule has 2 aliphatic rings. The average Bonchev–Trinajstić information content (AvgIpc) is 2.63. The zero-order valence-electron chi connectivity index (χ0n) is 54.0. The molecule has 2 saturated heterocycles. The van der Waals surface area contributed by atoms with Crippen LogP contribution in [-0.4, -0.2) is 140 Å². The van der Waals surface area contributed by atoms with E-state index in [0.717, 1.165) is 77.0 Å². The molecule has 2 aliphatic heterocycles. The van der Waals surface area contributed by atoms with Crippen LogP contribution in [0.1, 0.15) is 271 Å². The fraction of sp³-hybridized carbons (Fsp3) is 0.792. The van der Waals surface area contributed by atoms with Gasteiger partial charge in [-0.1, -0.05) is 279 Å². The van der Waals surface area contributed by atoms with Crippen molar-refractivity contribution in [1.82, 2.24) is 5.32 Å². The van der Waals surface area contributed by atoms with Gasteiger partial charge >= 0.3 is 0 Å². The Hall–Kier alpha value is -2.83. The fourth-order valence-corrected chi connectivity index (χ4v) is 11.1. The molecule has 0 aromatic carbocycles. The quantitative estimate of drug-likeness (QED) is 0.0204. The molecular formula is C72H127NO13. The average molecular weight is 1210 g/mol. The molecular weight excluding hydrogens is 1090 g/mol. The van der Waals surface area contributed by atoms with Gasteiger partial charge in [-0.25, -0.2) is 0 Å². The van der Waals surface area contributed by atoms with Crippen LogP contribution in [0.25, 0.3) is 0 Å². The van der Waals surface area contributed by atoms with Gasteiger partial charge in [0, 0.05) is 6.42 Å². The second-order valence-corrected chi connectivity index (χ2v) is 24.3. The first-order chi connectivity index (χ1) is 42.1. The van der Waals surface area contributed by atoms with Crippen LogP contribution >= 0.6 is 0 Å². The highest BCUT2D eigenvalue weighted by Crippen LogP contribution is 2.30. The lowest BCUT2D eigenvalue weighted by atomic mass is 9.97. The van der Waals surface area contributed by atoms with Crippen LogP contribution in [0.15, 0.2) is 85.1 Å². The standard InChI is InChI=1S/C72H127NO13/c1-3-5-7-9-11-13-15-17-19-21-23-24-25-26-27-28-29-30-31-32-33-34-35-36-38-40-42-44-46-48-50-52-54-56-64(77)73-60(61(76)55-53-51-49-47-45-43-41-39-37-22-20-18-16-14-12-10-8-6-4-2)59-83-71-69(82)67(80)70(63(58-75)85-71)86-72-68(81)66(79)65(78)62(57-74)84-72/h5,7,11,13,17,19,23-24,26-27,29-30,53,55,60-63,65-72,74-76,78-82H,3-4,6,8-10,12,14-16,18,20-22,25,28,31-52,54,56-59H2,1-2H3,(H,73,77)/b7-5-,13-11-,19-17-,24-23-,27-26-,30-29-,55-53+. The van der Waals surface area contributed by atoms with Crippen LogP contribution in [0, 0.1) is 0 Å². The zero-order valence-corrected chi connectivity index (χ0v) is 54.0. The predicted molar refractivity (Wildman–Crippen MR) is 350 cm³/mol. The normalized spacial score (nSPS) is 23.9. The molecule has 0 saturated carbocycles. The van der Waals surface area contributed by atoms with Crippen LogP contribution in [0.5, 0.6) is 0 Å². The van der Waals surface area contributed by atoms with E-state index in [0.29, 0.717) is 6.42 Å². The van der Waals surface area contributed by atoms with E-state index in [9.17, 15) is 45.6 Å². The van der Waals surface area contributed by atoms with E-state index in [1.807, 2.05) is 6.08 Å². The van der Waals surface area contributed by atoms with Crippen molar-refractivity contribution in [2.45, 2.75) is 344 Å². The number of hydrogen-bond donors (Lipinski definition) is 9. The molecule has 0 aromatic heterocycles. The van der Waals surface area contributed by atoms with E-state index >= 15 is 0 Å². The minimum absolute atomic E-state index is 0.240. The van der Waals surface area contributed by atoms with E-state index in [4.69, 9.17) is 18.9 Å². The topological polar surface area (TPSA) is 228 Å². The Kier molecular flexibility index (Phi) is 51.8. The number of carbonyl (C=O) groups is 1. The Labute approximate surface area is 522 Å². The number of carbonyl (C=O) groups excluding carboxylic acids is 1. The Bertz CT molecular complexity index is 1770. The summed E-state index contributed by atoms with van der Waals surface area (Å²) in [6, 6.07) is -0.920. The van der Waals surface area contributed by atoms with E-state index in [2.05, 4.69) is 92.1 Å². The summed E-state index contributed by atoms with van der Waals surface area (Å²) in [7, 11) is 0. The second-order valence-electron chi connectivity index (χ2n) is 24.3. The zero-order chi connectivity index (χ0) is 62.3. The third kappa shape index (κ3) is 40.0. The van der Waals surface area contributed by atoms with Gasteiger partial charge in [-0.3, -0.25) is 4.79 Å². The van der Waals surface area contributed by atoms with E-state index in [-0.39, 0.29) is 18.9 Å². The maximum absolute atomic E-state index is 13.3. The van der Waals surface area contributed by atoms with Gasteiger partial charge in [0.15, 0.2) is 12.6 Å². The number of hydrogen-bond acceptors (Lipinski definition) is 13. The third-order valence-corrected chi connectivity index (χ3v) is 16.6. The summed E-state index contributed by atoms with van der Waals surface area (Å²) >= 11 is 0. The Balaban J connectivity index is 1.66. The molecule has 2 heterocycles. The molecule has 14 nitrogen and oxygen atoms in total. The highest BCUT2D eigenvalue weighted by Gasteiger charge is 2.51. The minimum atomic E-state index is -1.79. The first-order valence-corrected chi connectivity index (χ1v) is 34.8. The van der Waals surface area contributed by atoms with Gasteiger partial charge < -0.3 is 65.1 Å². The summed E-state index contributed by atoms with van der Waals surface area (Å²) in [6.45, 7) is 2.71. The molecule has 0 spiro atoms. The number of ether oxygens (including phenoxy) is 4. The first kappa shape index (κ1) is 79.3. The molecule has 0 aliphatic carbocycles. The number of amides is 1. The number of nitrogens with one attached hydrogen (secondary N) is 1. The van der Waals surface area contributed by atoms with Gasteiger partial charge in [-0.05, 0) is 70.6 Å². The van der Waals surface area contributed by atoms with E-state index in [1.54, 1.807) is 6.08 Å². The summed E-state index contributed by atoms with van der Waals surface area (Å²) < 4.78 is 22.8. The lowest BCUT2D eigenvalue weighted by Crippen LogP contribution is -2.65. The molecule has 0 bridgehead atoms. The first-order valence-electron chi connectivity index (χ1n) is 34.8. The van der Waals surface area contributed by atoms with Gasteiger partial charge in [-0.2, -0.15) is 0 Å². The van der Waals surface area contributed by atoms with Gasteiger partial charge in [0.2, 0.25) is 5.91 Å².